The molecule has 0 bridgehead atoms. The first-order valence-electron chi connectivity index (χ1n) is 9.20. The standard InChI is InChI=1S/C17H24N8O/c26-17(24-3-1-2-4-24)15-11-18-12-16(21-15)23-8-5-22(6-9-23)7-10-25-14-19-13-20-25/h11-14H,1-10H2. The third-order valence-electron chi connectivity index (χ3n) is 5.04. The van der Waals surface area contributed by atoms with Crippen LogP contribution in [-0.2, 0) is 6.54 Å². The second-order valence-electron chi connectivity index (χ2n) is 6.75. The van der Waals surface area contributed by atoms with Gasteiger partial charge < -0.3 is 9.80 Å². The second kappa shape index (κ2) is 7.77. The van der Waals surface area contributed by atoms with Crippen LogP contribution in [0.3, 0.4) is 0 Å². The predicted octanol–water partition coefficient (Wildman–Crippen LogP) is 0.126. The van der Waals surface area contributed by atoms with Gasteiger partial charge in [-0.05, 0) is 12.8 Å². The molecule has 0 unspecified atom stereocenters. The number of hydrogen-bond donors (Lipinski definition) is 0. The van der Waals surface area contributed by atoms with Crippen LogP contribution >= 0.6 is 0 Å². The molecule has 2 aliphatic rings. The summed E-state index contributed by atoms with van der Waals surface area (Å²) in [6.07, 6.45) is 8.80. The minimum atomic E-state index is 0.00307. The zero-order valence-corrected chi connectivity index (χ0v) is 14.9. The molecule has 2 fully saturated rings. The topological polar surface area (TPSA) is 83.3 Å². The van der Waals surface area contributed by atoms with E-state index in [0.717, 1.165) is 71.0 Å². The summed E-state index contributed by atoms with van der Waals surface area (Å²) in [4.78, 5) is 31.8. The lowest BCUT2D eigenvalue weighted by Crippen LogP contribution is -2.47. The average Bonchev–Trinajstić information content (AvgIpc) is 3.40. The van der Waals surface area contributed by atoms with Gasteiger partial charge in [0.15, 0.2) is 0 Å². The van der Waals surface area contributed by atoms with Crippen molar-refractivity contribution in [2.45, 2.75) is 19.4 Å². The maximum absolute atomic E-state index is 12.5. The SMILES string of the molecule is O=C(c1cncc(N2CCN(CCn3cncn3)CC2)n1)N1CCCC1. The highest BCUT2D eigenvalue weighted by Gasteiger charge is 2.23. The van der Waals surface area contributed by atoms with E-state index >= 15 is 0 Å². The van der Waals surface area contributed by atoms with Crippen molar-refractivity contribution < 1.29 is 4.79 Å². The van der Waals surface area contributed by atoms with Crippen LogP contribution < -0.4 is 4.90 Å². The molecule has 9 nitrogen and oxygen atoms in total. The van der Waals surface area contributed by atoms with E-state index in [1.54, 1.807) is 25.0 Å². The minimum Gasteiger partial charge on any atom is -0.353 e. The van der Waals surface area contributed by atoms with Gasteiger partial charge in [-0.1, -0.05) is 0 Å². The Labute approximate surface area is 152 Å². The summed E-state index contributed by atoms with van der Waals surface area (Å²) in [6.45, 7) is 7.14. The average molecular weight is 356 g/mol. The minimum absolute atomic E-state index is 0.00307. The Balaban J connectivity index is 1.32. The van der Waals surface area contributed by atoms with E-state index in [2.05, 4.69) is 29.9 Å². The van der Waals surface area contributed by atoms with Crippen molar-refractivity contribution in [3.8, 4) is 0 Å². The summed E-state index contributed by atoms with van der Waals surface area (Å²) in [5.41, 5.74) is 0.456. The van der Waals surface area contributed by atoms with Gasteiger partial charge >= 0.3 is 0 Å². The Kier molecular flexibility index (Phi) is 5.05. The largest absolute Gasteiger partial charge is 0.353 e. The van der Waals surface area contributed by atoms with E-state index in [1.807, 2.05) is 9.58 Å². The molecule has 26 heavy (non-hydrogen) atoms. The zero-order valence-electron chi connectivity index (χ0n) is 14.9. The number of hydrogen-bond acceptors (Lipinski definition) is 7. The van der Waals surface area contributed by atoms with Crippen molar-refractivity contribution in [2.24, 2.45) is 0 Å². The Morgan fingerprint density at radius 1 is 0.962 bits per heavy atom. The van der Waals surface area contributed by atoms with Gasteiger partial charge in [0.05, 0.1) is 18.9 Å². The molecule has 2 saturated heterocycles. The first-order chi connectivity index (χ1) is 12.8. The quantitative estimate of drug-likeness (QED) is 0.753. The molecule has 2 aromatic heterocycles. The molecular weight excluding hydrogens is 332 g/mol. The highest BCUT2D eigenvalue weighted by atomic mass is 16.2. The fourth-order valence-corrected chi connectivity index (χ4v) is 3.49. The lowest BCUT2D eigenvalue weighted by molar-refractivity contribution is 0.0786. The zero-order chi connectivity index (χ0) is 17.8. The van der Waals surface area contributed by atoms with Crippen LogP contribution in [0.1, 0.15) is 23.3 Å². The number of piperazine rings is 1. The van der Waals surface area contributed by atoms with E-state index in [0.29, 0.717) is 5.69 Å². The monoisotopic (exact) mass is 356 g/mol. The van der Waals surface area contributed by atoms with E-state index < -0.39 is 0 Å². The van der Waals surface area contributed by atoms with Crippen molar-refractivity contribution in [2.75, 3.05) is 50.7 Å². The molecule has 138 valence electrons. The number of aromatic nitrogens is 5. The summed E-state index contributed by atoms with van der Waals surface area (Å²) < 4.78 is 1.85. The molecule has 1 amide bonds. The van der Waals surface area contributed by atoms with Crippen LogP contribution in [0.4, 0.5) is 5.82 Å². The van der Waals surface area contributed by atoms with Gasteiger partial charge in [-0.3, -0.25) is 19.4 Å². The Bertz CT molecular complexity index is 720. The Morgan fingerprint density at radius 3 is 2.50 bits per heavy atom. The number of nitrogens with zero attached hydrogens (tertiary/aromatic N) is 8. The highest BCUT2D eigenvalue weighted by molar-refractivity contribution is 5.92. The molecule has 0 aliphatic carbocycles. The van der Waals surface area contributed by atoms with Gasteiger partial charge in [0, 0.05) is 45.8 Å². The number of amides is 1. The molecule has 0 atom stereocenters. The van der Waals surface area contributed by atoms with E-state index in [9.17, 15) is 4.79 Å². The van der Waals surface area contributed by atoms with Gasteiger partial charge in [-0.25, -0.2) is 9.97 Å². The van der Waals surface area contributed by atoms with Crippen LogP contribution in [-0.4, -0.2) is 86.3 Å². The predicted molar refractivity (Wildman–Crippen MR) is 95.8 cm³/mol. The van der Waals surface area contributed by atoms with E-state index in [-0.39, 0.29) is 5.91 Å². The van der Waals surface area contributed by atoms with Crippen molar-refractivity contribution in [3.05, 3.63) is 30.7 Å². The lowest BCUT2D eigenvalue weighted by atomic mass is 10.3. The molecule has 9 heteroatoms. The van der Waals surface area contributed by atoms with Gasteiger partial charge in [0.2, 0.25) is 0 Å². The van der Waals surface area contributed by atoms with Crippen molar-refractivity contribution in [1.82, 2.24) is 34.5 Å². The number of carbonyl (C=O) groups excluding carboxylic acids is 1. The molecule has 4 heterocycles. The molecule has 0 N–H and O–H groups in total. The highest BCUT2D eigenvalue weighted by Crippen LogP contribution is 2.16. The first kappa shape index (κ1) is 16.9. The lowest BCUT2D eigenvalue weighted by Gasteiger charge is -2.35. The summed E-state index contributed by atoms with van der Waals surface area (Å²) in [5, 5.41) is 4.14. The molecule has 2 aromatic rings. The molecule has 4 rings (SSSR count). The van der Waals surface area contributed by atoms with E-state index in [1.165, 1.54) is 0 Å². The van der Waals surface area contributed by atoms with Crippen molar-refractivity contribution in [1.29, 1.82) is 0 Å². The molecule has 2 aliphatic heterocycles. The normalized spacial score (nSPS) is 18.5. The molecule has 0 aromatic carbocycles. The van der Waals surface area contributed by atoms with Crippen LogP contribution in [0.2, 0.25) is 0 Å². The third kappa shape index (κ3) is 3.82. The van der Waals surface area contributed by atoms with Crippen LogP contribution in [0.15, 0.2) is 25.0 Å². The van der Waals surface area contributed by atoms with Gasteiger partial charge in [-0.15, -0.1) is 0 Å². The fourth-order valence-electron chi connectivity index (χ4n) is 3.49. The summed E-state index contributed by atoms with van der Waals surface area (Å²) in [6, 6.07) is 0. The maximum atomic E-state index is 12.5. The fraction of sp³-hybridized carbons (Fsp3) is 0.588. The smallest absolute Gasteiger partial charge is 0.274 e. The van der Waals surface area contributed by atoms with Crippen LogP contribution in [0.5, 0.6) is 0 Å². The molecule has 0 spiro atoms. The molecule has 0 saturated carbocycles. The van der Waals surface area contributed by atoms with Crippen LogP contribution in [0, 0.1) is 0 Å². The number of likely N-dealkylation sites (tertiary alicyclic amines) is 1. The number of anilines is 1. The molecular formula is C17H24N8O. The summed E-state index contributed by atoms with van der Waals surface area (Å²) in [7, 11) is 0. The molecule has 0 radical (unpaired) electrons. The Hall–Kier alpha value is -2.55. The summed E-state index contributed by atoms with van der Waals surface area (Å²) in [5.74, 6) is 0.800. The van der Waals surface area contributed by atoms with Crippen molar-refractivity contribution >= 4 is 11.7 Å². The van der Waals surface area contributed by atoms with Gasteiger partial charge in [0.25, 0.3) is 5.91 Å². The van der Waals surface area contributed by atoms with Crippen LogP contribution in [0.25, 0.3) is 0 Å². The number of carbonyl (C=O) groups is 1. The first-order valence-corrected chi connectivity index (χ1v) is 9.20. The van der Waals surface area contributed by atoms with Gasteiger partial charge in [0.1, 0.15) is 24.2 Å². The van der Waals surface area contributed by atoms with Gasteiger partial charge in [-0.2, -0.15) is 5.10 Å². The van der Waals surface area contributed by atoms with E-state index in [4.69, 9.17) is 0 Å². The summed E-state index contributed by atoms with van der Waals surface area (Å²) >= 11 is 0. The Morgan fingerprint density at radius 2 is 1.77 bits per heavy atom. The number of rotatable bonds is 5. The third-order valence-corrected chi connectivity index (χ3v) is 5.04. The van der Waals surface area contributed by atoms with Crippen molar-refractivity contribution in [3.63, 3.8) is 0 Å². The second-order valence-corrected chi connectivity index (χ2v) is 6.75. The maximum Gasteiger partial charge on any atom is 0.274 e.